The smallest absolute Gasteiger partial charge is 0.0112 e. The molecular weight excluding hydrogens is 160 g/mol. The lowest BCUT2D eigenvalue weighted by atomic mass is 10.6. The zero-order valence-corrected chi connectivity index (χ0v) is 8.60. The molecular formula is C8H14S2. The van der Waals surface area contributed by atoms with E-state index in [1.165, 1.54) is 9.81 Å². The Morgan fingerprint density at radius 3 is 1.40 bits per heavy atom. The fourth-order valence-electron chi connectivity index (χ4n) is 0.228. The van der Waals surface area contributed by atoms with Crippen molar-refractivity contribution in [2.75, 3.05) is 0 Å². The summed E-state index contributed by atoms with van der Waals surface area (Å²) in [5, 5.41) is 0. The largest absolute Gasteiger partial charge is 0.0775 e. The number of hydrogen-bond acceptors (Lipinski definition) is 2. The van der Waals surface area contributed by atoms with Gasteiger partial charge in [-0.2, -0.15) is 0 Å². The summed E-state index contributed by atoms with van der Waals surface area (Å²) in [6.45, 7) is 8.38. The minimum atomic E-state index is 1.37. The van der Waals surface area contributed by atoms with Crippen LogP contribution in [0.1, 0.15) is 27.7 Å². The molecule has 0 aromatic heterocycles. The van der Waals surface area contributed by atoms with E-state index < -0.39 is 0 Å². The highest BCUT2D eigenvalue weighted by Gasteiger charge is 1.90. The molecule has 0 amide bonds. The molecule has 0 N–H and O–H groups in total. The van der Waals surface area contributed by atoms with E-state index in [2.05, 4.69) is 39.8 Å². The summed E-state index contributed by atoms with van der Waals surface area (Å²) in [6.07, 6.45) is 4.25. The normalized spacial score (nSPS) is 14.0. The maximum atomic E-state index is 2.13. The van der Waals surface area contributed by atoms with Crippen LogP contribution in [-0.2, 0) is 0 Å². The van der Waals surface area contributed by atoms with Crippen LogP contribution in [0.2, 0.25) is 0 Å². The van der Waals surface area contributed by atoms with Crippen molar-refractivity contribution in [1.29, 1.82) is 0 Å². The first-order valence-corrected chi connectivity index (χ1v) is 5.46. The Morgan fingerprint density at radius 1 is 0.900 bits per heavy atom. The van der Waals surface area contributed by atoms with Gasteiger partial charge in [0.15, 0.2) is 0 Å². The molecule has 0 heterocycles. The van der Waals surface area contributed by atoms with E-state index in [0.29, 0.717) is 0 Å². The molecule has 0 aliphatic rings. The van der Waals surface area contributed by atoms with Gasteiger partial charge < -0.3 is 0 Å². The average Bonchev–Trinajstić information content (AvgIpc) is 1.99. The molecule has 0 saturated carbocycles. The summed E-state index contributed by atoms with van der Waals surface area (Å²) in [5.41, 5.74) is 0. The molecule has 0 unspecified atom stereocenters. The Balaban J connectivity index is 3.56. The van der Waals surface area contributed by atoms with Crippen molar-refractivity contribution in [1.82, 2.24) is 0 Å². The minimum Gasteiger partial charge on any atom is -0.0775 e. The quantitative estimate of drug-likeness (QED) is 0.588. The van der Waals surface area contributed by atoms with Gasteiger partial charge in [-0.05, 0) is 37.5 Å². The van der Waals surface area contributed by atoms with Crippen molar-refractivity contribution < 1.29 is 0 Å². The molecule has 10 heavy (non-hydrogen) atoms. The third kappa shape index (κ3) is 5.00. The zero-order chi connectivity index (χ0) is 7.98. The van der Waals surface area contributed by atoms with Gasteiger partial charge in [0.25, 0.3) is 0 Å². The van der Waals surface area contributed by atoms with Crippen LogP contribution in [0, 0.1) is 0 Å². The van der Waals surface area contributed by atoms with E-state index >= 15 is 0 Å². The molecule has 0 aromatic carbocycles. The second-order valence-electron chi connectivity index (χ2n) is 1.97. The first kappa shape index (κ1) is 10.2. The van der Waals surface area contributed by atoms with Crippen molar-refractivity contribution in [3.8, 4) is 0 Å². The Hall–Kier alpha value is 0.180. The van der Waals surface area contributed by atoms with Crippen molar-refractivity contribution in [2.45, 2.75) is 27.7 Å². The van der Waals surface area contributed by atoms with Gasteiger partial charge in [-0.15, -0.1) is 0 Å². The van der Waals surface area contributed by atoms with Crippen LogP contribution in [0.5, 0.6) is 0 Å². The van der Waals surface area contributed by atoms with Crippen LogP contribution in [0.25, 0.3) is 0 Å². The van der Waals surface area contributed by atoms with E-state index in [1.807, 2.05) is 21.6 Å². The van der Waals surface area contributed by atoms with Gasteiger partial charge in [-0.25, -0.2) is 0 Å². The Labute approximate surface area is 71.6 Å². The maximum Gasteiger partial charge on any atom is -0.0112 e. The molecule has 0 rings (SSSR count). The van der Waals surface area contributed by atoms with Crippen LogP contribution in [0.15, 0.2) is 22.0 Å². The van der Waals surface area contributed by atoms with Crippen molar-refractivity contribution in [3.05, 3.63) is 22.0 Å². The maximum absolute atomic E-state index is 2.13. The van der Waals surface area contributed by atoms with Crippen LogP contribution < -0.4 is 0 Å². The monoisotopic (exact) mass is 174 g/mol. The van der Waals surface area contributed by atoms with E-state index in [-0.39, 0.29) is 0 Å². The second-order valence-corrected chi connectivity index (χ2v) is 4.59. The highest BCUT2D eigenvalue weighted by atomic mass is 33.1. The first-order valence-electron chi connectivity index (χ1n) is 3.31. The first-order chi connectivity index (χ1) is 4.70. The Morgan fingerprint density at radius 2 is 1.20 bits per heavy atom. The minimum absolute atomic E-state index is 1.37. The van der Waals surface area contributed by atoms with Gasteiger partial charge in [0.2, 0.25) is 0 Å². The van der Waals surface area contributed by atoms with E-state index in [9.17, 15) is 0 Å². The van der Waals surface area contributed by atoms with Gasteiger partial charge in [0.1, 0.15) is 0 Å². The van der Waals surface area contributed by atoms with Gasteiger partial charge in [0.05, 0.1) is 0 Å². The summed E-state index contributed by atoms with van der Waals surface area (Å²) in [7, 11) is 3.64. The summed E-state index contributed by atoms with van der Waals surface area (Å²) in [6, 6.07) is 0. The standard InChI is InChI=1S/C8H14S2/c1-5-7(3)9-10-8(4)6-2/h5-6H,1-4H3. The molecule has 0 atom stereocenters. The highest BCUT2D eigenvalue weighted by Crippen LogP contribution is 2.35. The Kier molecular flexibility index (Phi) is 6.03. The number of hydrogen-bond donors (Lipinski definition) is 0. The summed E-state index contributed by atoms with van der Waals surface area (Å²) in [4.78, 5) is 2.73. The van der Waals surface area contributed by atoms with Gasteiger partial charge >= 0.3 is 0 Å². The third-order valence-electron chi connectivity index (χ3n) is 1.12. The predicted octanol–water partition coefficient (Wildman–Crippen LogP) is 4.22. The lowest BCUT2D eigenvalue weighted by Gasteiger charge is -1.98. The molecule has 0 aliphatic heterocycles. The zero-order valence-electron chi connectivity index (χ0n) is 6.97. The van der Waals surface area contributed by atoms with Crippen LogP contribution >= 0.6 is 21.6 Å². The van der Waals surface area contributed by atoms with Gasteiger partial charge in [-0.3, -0.25) is 0 Å². The van der Waals surface area contributed by atoms with E-state index in [0.717, 1.165) is 0 Å². The van der Waals surface area contributed by atoms with Crippen molar-refractivity contribution >= 4 is 21.6 Å². The fraction of sp³-hybridized carbons (Fsp3) is 0.500. The molecule has 2 heteroatoms. The fourth-order valence-corrected chi connectivity index (χ4v) is 2.05. The lowest BCUT2D eigenvalue weighted by molar-refractivity contribution is 1.60. The molecule has 0 aromatic rings. The SMILES string of the molecule is CC=C(C)SSC(C)=CC. The van der Waals surface area contributed by atoms with Crippen LogP contribution in [-0.4, -0.2) is 0 Å². The van der Waals surface area contributed by atoms with Crippen LogP contribution in [0.3, 0.4) is 0 Å². The highest BCUT2D eigenvalue weighted by molar-refractivity contribution is 8.79. The molecule has 0 fully saturated rings. The Bertz CT molecular complexity index is 127. The van der Waals surface area contributed by atoms with Crippen LogP contribution in [0.4, 0.5) is 0 Å². The van der Waals surface area contributed by atoms with Crippen molar-refractivity contribution in [3.63, 3.8) is 0 Å². The van der Waals surface area contributed by atoms with E-state index in [1.54, 1.807) is 0 Å². The molecule has 0 aliphatic carbocycles. The van der Waals surface area contributed by atoms with Gasteiger partial charge in [0, 0.05) is 0 Å². The van der Waals surface area contributed by atoms with Crippen molar-refractivity contribution in [2.24, 2.45) is 0 Å². The molecule has 0 nitrogen and oxygen atoms in total. The summed E-state index contributed by atoms with van der Waals surface area (Å²) in [5.74, 6) is 0. The van der Waals surface area contributed by atoms with E-state index in [4.69, 9.17) is 0 Å². The average molecular weight is 174 g/mol. The third-order valence-corrected chi connectivity index (χ3v) is 4.03. The number of rotatable bonds is 3. The molecule has 0 bridgehead atoms. The summed E-state index contributed by atoms with van der Waals surface area (Å²) < 4.78 is 0. The molecule has 0 saturated heterocycles. The molecule has 58 valence electrons. The lowest BCUT2D eigenvalue weighted by Crippen LogP contribution is -1.62. The van der Waals surface area contributed by atoms with Gasteiger partial charge in [-0.1, -0.05) is 33.7 Å². The number of allylic oxidation sites excluding steroid dienone is 4. The molecule has 0 spiro atoms. The molecule has 0 radical (unpaired) electrons. The second kappa shape index (κ2) is 5.93. The predicted molar refractivity (Wildman–Crippen MR) is 54.0 cm³/mol. The summed E-state index contributed by atoms with van der Waals surface area (Å²) >= 11 is 0. The topological polar surface area (TPSA) is 0 Å².